The molecule has 0 radical (unpaired) electrons. The number of hydrogen-bond acceptors (Lipinski definition) is 3. The first-order valence-corrected chi connectivity index (χ1v) is 15.7. The number of aromatic amines is 1. The lowest BCUT2D eigenvalue weighted by Crippen LogP contribution is -2.14. The monoisotopic (exact) mass is 584 g/mol. The second-order valence-corrected chi connectivity index (χ2v) is 14.3. The Hall–Kier alpha value is -5.09. The Bertz CT molecular complexity index is 2280. The molecule has 4 nitrogen and oxygen atoms in total. The molecule has 4 heteroatoms. The molecule has 8 rings (SSSR count). The Morgan fingerprint density at radius 2 is 0.844 bits per heavy atom. The summed E-state index contributed by atoms with van der Waals surface area (Å²) in [5.41, 5.74) is 14.1. The van der Waals surface area contributed by atoms with Crippen LogP contribution in [0.3, 0.4) is 0 Å². The summed E-state index contributed by atoms with van der Waals surface area (Å²) in [6.45, 7) is 13.5. The van der Waals surface area contributed by atoms with E-state index in [0.717, 1.165) is 67.5 Å². The molecule has 0 aliphatic carbocycles. The molecule has 8 bridgehead atoms. The van der Waals surface area contributed by atoms with Gasteiger partial charge in [-0.3, -0.25) is 0 Å². The molecule has 0 spiro atoms. The largest absolute Gasteiger partial charge is 0.353 e. The van der Waals surface area contributed by atoms with Crippen LogP contribution in [0, 0.1) is 0 Å². The summed E-state index contributed by atoms with van der Waals surface area (Å²) in [6.07, 6.45) is 0. The number of nitrogens with zero attached hydrogens (tertiary/aromatic N) is 3. The van der Waals surface area contributed by atoms with Gasteiger partial charge in [0.25, 0.3) is 0 Å². The van der Waals surface area contributed by atoms with Crippen LogP contribution < -0.4 is 0 Å². The van der Waals surface area contributed by atoms with Crippen molar-refractivity contribution in [3.8, 4) is 56.4 Å². The van der Waals surface area contributed by atoms with Gasteiger partial charge in [0.1, 0.15) is 0 Å². The van der Waals surface area contributed by atoms with Crippen molar-refractivity contribution in [2.24, 2.45) is 0 Å². The maximum atomic E-state index is 5.34. The van der Waals surface area contributed by atoms with Crippen LogP contribution in [0.25, 0.3) is 78.2 Å². The van der Waals surface area contributed by atoms with Gasteiger partial charge >= 0.3 is 0 Å². The summed E-state index contributed by atoms with van der Waals surface area (Å²) < 4.78 is 0. The lowest BCUT2D eigenvalue weighted by atomic mass is 9.84. The zero-order valence-electron chi connectivity index (χ0n) is 26.7. The summed E-state index contributed by atoms with van der Waals surface area (Å²) in [4.78, 5) is 19.9. The molecule has 0 amide bonds. The minimum absolute atomic E-state index is 0.0790. The maximum absolute atomic E-state index is 5.34. The van der Waals surface area contributed by atoms with Crippen molar-refractivity contribution < 1.29 is 0 Å². The first-order chi connectivity index (χ1) is 21.5. The number of benzene rings is 3. The summed E-state index contributed by atoms with van der Waals surface area (Å²) in [6, 6.07) is 36.9. The SMILES string of the molecule is CC(C)(C)c1cc2nc(c1)-c1cc(C(C)(C)C)cc(n1)-c1cccc3c1[nH]c1c(cccc13)-c1cc(-c3ccccc3)cc-2n1. The van der Waals surface area contributed by atoms with Crippen LogP contribution in [0.4, 0.5) is 0 Å². The second-order valence-electron chi connectivity index (χ2n) is 14.3. The van der Waals surface area contributed by atoms with Crippen LogP contribution in [0.5, 0.6) is 0 Å². The topological polar surface area (TPSA) is 54.5 Å². The summed E-state index contributed by atoms with van der Waals surface area (Å²) >= 11 is 0. The molecule has 0 atom stereocenters. The van der Waals surface area contributed by atoms with E-state index in [1.807, 2.05) is 0 Å². The number of aromatic nitrogens is 4. The average molecular weight is 585 g/mol. The summed E-state index contributed by atoms with van der Waals surface area (Å²) in [5.74, 6) is 0. The van der Waals surface area contributed by atoms with E-state index >= 15 is 0 Å². The molecule has 220 valence electrons. The van der Waals surface area contributed by atoms with Gasteiger partial charge in [0, 0.05) is 21.9 Å². The molecule has 1 aliphatic heterocycles. The highest BCUT2D eigenvalue weighted by Crippen LogP contribution is 2.41. The van der Waals surface area contributed by atoms with E-state index in [4.69, 9.17) is 15.0 Å². The molecule has 1 N–H and O–H groups in total. The zero-order chi connectivity index (χ0) is 31.1. The molecule has 0 saturated heterocycles. The fraction of sp³-hybridized carbons (Fsp3) is 0.195. The van der Waals surface area contributed by atoms with Crippen LogP contribution in [-0.2, 0) is 10.8 Å². The first-order valence-electron chi connectivity index (χ1n) is 15.7. The molecule has 5 heterocycles. The van der Waals surface area contributed by atoms with Crippen LogP contribution >= 0.6 is 0 Å². The third kappa shape index (κ3) is 4.64. The molecule has 0 unspecified atom stereocenters. The molecule has 1 aliphatic rings. The predicted molar refractivity (Wildman–Crippen MR) is 187 cm³/mol. The highest BCUT2D eigenvalue weighted by atomic mass is 14.8. The highest BCUT2D eigenvalue weighted by Gasteiger charge is 2.24. The smallest absolute Gasteiger partial charge is 0.0900 e. The Labute approximate surface area is 264 Å². The minimum atomic E-state index is -0.0992. The zero-order valence-corrected chi connectivity index (χ0v) is 26.7. The second kappa shape index (κ2) is 9.70. The van der Waals surface area contributed by atoms with Gasteiger partial charge in [-0.1, -0.05) is 108 Å². The van der Waals surface area contributed by atoms with E-state index in [-0.39, 0.29) is 10.8 Å². The third-order valence-corrected chi connectivity index (χ3v) is 9.06. The van der Waals surface area contributed by atoms with Crippen molar-refractivity contribution in [2.45, 2.75) is 52.4 Å². The van der Waals surface area contributed by atoms with E-state index in [1.165, 1.54) is 21.9 Å². The van der Waals surface area contributed by atoms with Crippen molar-refractivity contribution in [3.05, 3.63) is 114 Å². The van der Waals surface area contributed by atoms with Gasteiger partial charge in [-0.15, -0.1) is 0 Å². The van der Waals surface area contributed by atoms with E-state index < -0.39 is 0 Å². The lowest BCUT2D eigenvalue weighted by molar-refractivity contribution is 0.588. The summed E-state index contributed by atoms with van der Waals surface area (Å²) in [5, 5.41) is 2.35. The minimum Gasteiger partial charge on any atom is -0.353 e. The molecular weight excluding hydrogens is 548 g/mol. The number of para-hydroxylation sites is 2. The quantitative estimate of drug-likeness (QED) is 0.209. The van der Waals surface area contributed by atoms with Crippen molar-refractivity contribution in [1.82, 2.24) is 19.9 Å². The standard InChI is InChI=1S/C41H36N4/c1-40(2,3)26-20-33-31-17-11-15-29-28-14-10-16-30(38(28)45-39(29)31)32-18-25(24-12-8-7-9-13-24)19-34(42-32)35-22-27(41(4,5)6)23-37(44-35)36(21-26)43-33/h7-23,45H,1-6H3. The number of nitrogens with one attached hydrogen (secondary N) is 1. The molecular formula is C41H36N4. The van der Waals surface area contributed by atoms with Crippen molar-refractivity contribution >= 4 is 21.8 Å². The average Bonchev–Trinajstić information content (AvgIpc) is 3.42. The molecule has 7 aromatic rings. The Balaban J connectivity index is 1.56. The fourth-order valence-electron chi connectivity index (χ4n) is 6.43. The van der Waals surface area contributed by atoms with Crippen molar-refractivity contribution in [3.63, 3.8) is 0 Å². The van der Waals surface area contributed by atoms with Gasteiger partial charge in [-0.25, -0.2) is 15.0 Å². The van der Waals surface area contributed by atoms with Crippen molar-refractivity contribution in [1.29, 1.82) is 0 Å². The van der Waals surface area contributed by atoms with Gasteiger partial charge in [0.05, 0.1) is 45.2 Å². The Morgan fingerprint density at radius 1 is 0.422 bits per heavy atom. The van der Waals surface area contributed by atoms with Crippen molar-refractivity contribution in [2.75, 3.05) is 0 Å². The molecule has 0 fully saturated rings. The first kappa shape index (κ1) is 27.5. The normalized spacial score (nSPS) is 12.7. The van der Waals surface area contributed by atoms with Crippen LogP contribution in [0.2, 0.25) is 0 Å². The number of pyridine rings is 3. The molecule has 45 heavy (non-hydrogen) atoms. The van der Waals surface area contributed by atoms with E-state index in [2.05, 4.69) is 150 Å². The van der Waals surface area contributed by atoms with E-state index in [0.29, 0.717) is 0 Å². The molecule has 4 aromatic heterocycles. The van der Waals surface area contributed by atoms with E-state index in [1.54, 1.807) is 0 Å². The van der Waals surface area contributed by atoms with Crippen LogP contribution in [-0.4, -0.2) is 19.9 Å². The summed E-state index contributed by atoms with van der Waals surface area (Å²) in [7, 11) is 0. The highest BCUT2D eigenvalue weighted by molar-refractivity contribution is 6.15. The van der Waals surface area contributed by atoms with Crippen LogP contribution in [0.15, 0.2) is 103 Å². The number of fused-ring (bicyclic) bond motifs is 11. The Morgan fingerprint density at radius 3 is 1.36 bits per heavy atom. The Kier molecular flexibility index (Phi) is 5.92. The maximum Gasteiger partial charge on any atom is 0.0900 e. The molecule has 3 aromatic carbocycles. The third-order valence-electron chi connectivity index (χ3n) is 9.06. The number of H-pyrrole nitrogens is 1. The number of rotatable bonds is 1. The lowest BCUT2D eigenvalue weighted by Gasteiger charge is -2.23. The predicted octanol–water partition coefficient (Wildman–Crippen LogP) is 10.7. The van der Waals surface area contributed by atoms with E-state index in [9.17, 15) is 0 Å². The fourth-order valence-corrected chi connectivity index (χ4v) is 6.43. The van der Waals surface area contributed by atoms with Crippen LogP contribution in [0.1, 0.15) is 52.7 Å². The van der Waals surface area contributed by atoms with Gasteiger partial charge in [0.2, 0.25) is 0 Å². The van der Waals surface area contributed by atoms with Gasteiger partial charge < -0.3 is 4.98 Å². The van der Waals surface area contributed by atoms with Gasteiger partial charge in [-0.05, 0) is 69.5 Å². The van der Waals surface area contributed by atoms with Gasteiger partial charge in [-0.2, -0.15) is 0 Å². The molecule has 0 saturated carbocycles. The van der Waals surface area contributed by atoms with Gasteiger partial charge in [0.15, 0.2) is 0 Å². The number of hydrogen-bond donors (Lipinski definition) is 1.